The van der Waals surface area contributed by atoms with E-state index >= 15 is 0 Å². The third kappa shape index (κ3) is 3.79. The topological polar surface area (TPSA) is 46.9 Å². The highest BCUT2D eigenvalue weighted by molar-refractivity contribution is 7.99. The molecule has 5 heteroatoms. The van der Waals surface area contributed by atoms with Gasteiger partial charge >= 0.3 is 0 Å². The summed E-state index contributed by atoms with van der Waals surface area (Å²) in [6, 6.07) is 8.27. The van der Waals surface area contributed by atoms with E-state index in [1.807, 2.05) is 25.1 Å². The fourth-order valence-corrected chi connectivity index (χ4v) is 2.95. The van der Waals surface area contributed by atoms with E-state index in [0.29, 0.717) is 11.7 Å². The smallest absolute Gasteiger partial charge is 0.230 e. The Morgan fingerprint density at radius 3 is 2.71 bits per heavy atom. The fourth-order valence-electron chi connectivity index (χ4n) is 2.06. The van der Waals surface area contributed by atoms with Crippen LogP contribution in [0.1, 0.15) is 27.7 Å². The Labute approximate surface area is 130 Å². The van der Waals surface area contributed by atoms with E-state index in [9.17, 15) is 4.79 Å². The Balaban J connectivity index is 2.05. The number of aromatic nitrogens is 2. The largest absolute Gasteiger partial charge is 0.353 e. The van der Waals surface area contributed by atoms with Gasteiger partial charge in [-0.25, -0.2) is 4.98 Å². The SMILES string of the molecule is CCn1c(SCC(=O)N[C@@H](C)C(C)C)nc2ccccc21. The van der Waals surface area contributed by atoms with E-state index in [4.69, 9.17) is 0 Å². The maximum Gasteiger partial charge on any atom is 0.230 e. The van der Waals surface area contributed by atoms with Crippen molar-refractivity contribution in [1.82, 2.24) is 14.9 Å². The summed E-state index contributed by atoms with van der Waals surface area (Å²) < 4.78 is 2.15. The number of hydrogen-bond acceptors (Lipinski definition) is 3. The molecule has 1 atom stereocenters. The molecule has 1 amide bonds. The molecular weight excluding hydrogens is 282 g/mol. The number of hydrogen-bond donors (Lipinski definition) is 1. The highest BCUT2D eigenvalue weighted by atomic mass is 32.2. The van der Waals surface area contributed by atoms with E-state index in [1.54, 1.807) is 0 Å². The average molecular weight is 305 g/mol. The molecule has 21 heavy (non-hydrogen) atoms. The molecule has 0 saturated heterocycles. The van der Waals surface area contributed by atoms with Crippen molar-refractivity contribution in [3.63, 3.8) is 0 Å². The third-order valence-electron chi connectivity index (χ3n) is 3.66. The minimum atomic E-state index is 0.0657. The van der Waals surface area contributed by atoms with Crippen LogP contribution in [0.3, 0.4) is 0 Å². The first-order valence-corrected chi connectivity index (χ1v) is 8.39. The number of para-hydroxylation sites is 2. The zero-order chi connectivity index (χ0) is 15.4. The second kappa shape index (κ2) is 6.98. The number of benzene rings is 1. The van der Waals surface area contributed by atoms with Gasteiger partial charge in [0.05, 0.1) is 16.8 Å². The second-order valence-electron chi connectivity index (χ2n) is 5.52. The number of thioether (sulfide) groups is 1. The van der Waals surface area contributed by atoms with Crippen molar-refractivity contribution in [1.29, 1.82) is 0 Å². The molecule has 0 aliphatic rings. The first-order chi connectivity index (χ1) is 10.0. The zero-order valence-electron chi connectivity index (χ0n) is 13.1. The third-order valence-corrected chi connectivity index (χ3v) is 4.63. The van der Waals surface area contributed by atoms with Gasteiger partial charge in [0.2, 0.25) is 5.91 Å². The van der Waals surface area contributed by atoms with Gasteiger partial charge in [0.25, 0.3) is 0 Å². The summed E-state index contributed by atoms with van der Waals surface area (Å²) in [5.41, 5.74) is 2.11. The van der Waals surface area contributed by atoms with Gasteiger partial charge in [-0.05, 0) is 31.9 Å². The highest BCUT2D eigenvalue weighted by Gasteiger charge is 2.14. The number of fused-ring (bicyclic) bond motifs is 1. The van der Waals surface area contributed by atoms with Crippen molar-refractivity contribution in [3.8, 4) is 0 Å². The molecular formula is C16H23N3OS. The number of rotatable bonds is 6. The lowest BCUT2D eigenvalue weighted by molar-refractivity contribution is -0.119. The van der Waals surface area contributed by atoms with Crippen molar-refractivity contribution in [3.05, 3.63) is 24.3 Å². The van der Waals surface area contributed by atoms with E-state index in [-0.39, 0.29) is 11.9 Å². The molecule has 0 aliphatic carbocycles. The Hall–Kier alpha value is -1.49. The first kappa shape index (κ1) is 15.9. The summed E-state index contributed by atoms with van der Waals surface area (Å²) in [5, 5.41) is 3.93. The first-order valence-electron chi connectivity index (χ1n) is 7.40. The van der Waals surface area contributed by atoms with Gasteiger partial charge in [0.15, 0.2) is 5.16 Å². The van der Waals surface area contributed by atoms with Crippen LogP contribution in [0.25, 0.3) is 11.0 Å². The molecule has 1 heterocycles. The highest BCUT2D eigenvalue weighted by Crippen LogP contribution is 2.23. The Morgan fingerprint density at radius 2 is 2.05 bits per heavy atom. The molecule has 2 aromatic rings. The van der Waals surface area contributed by atoms with Gasteiger partial charge in [-0.3, -0.25) is 4.79 Å². The number of nitrogens with zero attached hydrogens (tertiary/aromatic N) is 2. The lowest BCUT2D eigenvalue weighted by Gasteiger charge is -2.17. The van der Waals surface area contributed by atoms with Crippen LogP contribution in [0.5, 0.6) is 0 Å². The number of carbonyl (C=O) groups is 1. The molecule has 1 aromatic carbocycles. The van der Waals surface area contributed by atoms with Gasteiger partial charge in [-0.2, -0.15) is 0 Å². The molecule has 2 rings (SSSR count). The molecule has 0 fully saturated rings. The number of carbonyl (C=O) groups excluding carboxylic acids is 1. The van der Waals surface area contributed by atoms with Crippen LogP contribution in [0, 0.1) is 5.92 Å². The van der Waals surface area contributed by atoms with Crippen molar-refractivity contribution >= 4 is 28.7 Å². The molecule has 0 aliphatic heterocycles. The predicted molar refractivity (Wildman–Crippen MR) is 88.6 cm³/mol. The summed E-state index contributed by atoms with van der Waals surface area (Å²) >= 11 is 1.50. The summed E-state index contributed by atoms with van der Waals surface area (Å²) in [5.74, 6) is 0.912. The molecule has 0 unspecified atom stereocenters. The molecule has 114 valence electrons. The number of nitrogens with one attached hydrogen (secondary N) is 1. The normalized spacial score (nSPS) is 12.8. The quantitative estimate of drug-likeness (QED) is 0.833. The van der Waals surface area contributed by atoms with Crippen LogP contribution in [0.2, 0.25) is 0 Å². The Morgan fingerprint density at radius 1 is 1.33 bits per heavy atom. The maximum absolute atomic E-state index is 12.0. The average Bonchev–Trinajstić information content (AvgIpc) is 2.82. The molecule has 1 N–H and O–H groups in total. The number of amides is 1. The number of aryl methyl sites for hydroxylation is 1. The van der Waals surface area contributed by atoms with Gasteiger partial charge in [-0.15, -0.1) is 0 Å². The minimum absolute atomic E-state index is 0.0657. The molecule has 0 spiro atoms. The van der Waals surface area contributed by atoms with Crippen LogP contribution >= 0.6 is 11.8 Å². The summed E-state index contributed by atoms with van der Waals surface area (Å²) in [6.45, 7) is 9.20. The zero-order valence-corrected chi connectivity index (χ0v) is 13.9. The van der Waals surface area contributed by atoms with Crippen LogP contribution < -0.4 is 5.32 Å². The maximum atomic E-state index is 12.0. The molecule has 0 radical (unpaired) electrons. The molecule has 1 aromatic heterocycles. The minimum Gasteiger partial charge on any atom is -0.353 e. The van der Waals surface area contributed by atoms with Gasteiger partial charge in [0, 0.05) is 12.6 Å². The molecule has 4 nitrogen and oxygen atoms in total. The van der Waals surface area contributed by atoms with Crippen LogP contribution in [0.4, 0.5) is 0 Å². The lowest BCUT2D eigenvalue weighted by atomic mass is 10.1. The standard InChI is InChI=1S/C16H23N3OS/c1-5-19-14-9-7-6-8-13(14)18-16(19)21-10-15(20)17-12(4)11(2)3/h6-9,11-12H,5,10H2,1-4H3,(H,17,20)/t12-/m0/s1. The van der Waals surface area contributed by atoms with Crippen molar-refractivity contribution in [2.45, 2.75) is 45.4 Å². The van der Waals surface area contributed by atoms with E-state index < -0.39 is 0 Å². The Kier molecular flexibility index (Phi) is 5.28. The molecule has 0 saturated carbocycles. The summed E-state index contributed by atoms with van der Waals surface area (Å²) in [6.07, 6.45) is 0. The summed E-state index contributed by atoms with van der Waals surface area (Å²) in [4.78, 5) is 16.6. The van der Waals surface area contributed by atoms with Crippen molar-refractivity contribution in [2.75, 3.05) is 5.75 Å². The van der Waals surface area contributed by atoms with Crippen molar-refractivity contribution < 1.29 is 4.79 Å². The second-order valence-corrected chi connectivity index (χ2v) is 6.46. The van der Waals surface area contributed by atoms with Crippen molar-refractivity contribution in [2.24, 2.45) is 5.92 Å². The predicted octanol–water partition coefficient (Wildman–Crippen LogP) is 3.31. The number of imidazole rings is 1. The van der Waals surface area contributed by atoms with Crippen LogP contribution in [0.15, 0.2) is 29.4 Å². The van der Waals surface area contributed by atoms with Gasteiger partial charge in [0.1, 0.15) is 0 Å². The van der Waals surface area contributed by atoms with E-state index in [0.717, 1.165) is 22.7 Å². The van der Waals surface area contributed by atoms with E-state index in [2.05, 4.69) is 41.7 Å². The fraction of sp³-hybridized carbons (Fsp3) is 0.500. The Bertz CT molecular complexity index is 621. The van der Waals surface area contributed by atoms with Gasteiger partial charge < -0.3 is 9.88 Å². The monoisotopic (exact) mass is 305 g/mol. The van der Waals surface area contributed by atoms with Crippen LogP contribution in [-0.4, -0.2) is 27.3 Å². The molecule has 0 bridgehead atoms. The van der Waals surface area contributed by atoms with Gasteiger partial charge in [-0.1, -0.05) is 37.7 Å². The van der Waals surface area contributed by atoms with Crippen LogP contribution in [-0.2, 0) is 11.3 Å². The lowest BCUT2D eigenvalue weighted by Crippen LogP contribution is -2.37. The summed E-state index contributed by atoms with van der Waals surface area (Å²) in [7, 11) is 0. The van der Waals surface area contributed by atoms with E-state index in [1.165, 1.54) is 11.8 Å².